The fraction of sp³-hybridized carbons (Fsp3) is 0.467. The number of methoxy groups -OCH3 is 3. The van der Waals surface area contributed by atoms with Crippen LogP contribution in [-0.2, 0) is 14.2 Å². The maximum atomic E-state index is 16.6. The first kappa shape index (κ1) is 99.4. The van der Waals surface area contributed by atoms with Gasteiger partial charge in [0.25, 0.3) is 0 Å². The largest absolute Gasteiger partial charge is 0.508 e. The molecule has 6 aliphatic heterocycles. The lowest BCUT2D eigenvalue weighted by atomic mass is 9.79. The summed E-state index contributed by atoms with van der Waals surface area (Å²) in [6.07, 6.45) is -1.37. The topological polar surface area (TPSA) is 455 Å². The van der Waals surface area contributed by atoms with Gasteiger partial charge in [0.15, 0.2) is 39.4 Å². The van der Waals surface area contributed by atoms with Crippen molar-refractivity contribution in [3.63, 3.8) is 0 Å². The number of fused-ring (bicyclic) bond motifs is 6. The summed E-state index contributed by atoms with van der Waals surface area (Å²) in [5.74, 6) is -4.44. The number of ether oxygens (including phenoxy) is 9. The molecule has 0 aliphatic carbocycles. The van der Waals surface area contributed by atoms with Gasteiger partial charge in [-0.2, -0.15) is 49.2 Å². The molecular weight excluding hydrogens is 1840 g/mol. The van der Waals surface area contributed by atoms with E-state index >= 15 is 13.2 Å². The number of carbonyl (C=O) groups is 3. The summed E-state index contributed by atoms with van der Waals surface area (Å²) in [4.78, 5) is 144. The Labute approximate surface area is 792 Å². The second kappa shape index (κ2) is 38.9. The molecule has 9 aromatic heterocycles. The average Bonchev–Trinajstić information content (AvgIpc) is 1.46. The number of aromatic nitrogens is 15. The summed E-state index contributed by atoms with van der Waals surface area (Å²) in [6.45, 7) is 35.6. The van der Waals surface area contributed by atoms with E-state index in [2.05, 4.69) is 59.8 Å². The summed E-state index contributed by atoms with van der Waals surface area (Å²) < 4.78 is 115. The van der Waals surface area contributed by atoms with Gasteiger partial charge in [-0.25, -0.2) is 70.6 Å². The van der Waals surface area contributed by atoms with Crippen molar-refractivity contribution in [1.82, 2.24) is 88.2 Å². The molecule has 137 heavy (non-hydrogen) atoms. The van der Waals surface area contributed by atoms with Gasteiger partial charge in [-0.3, -0.25) is 0 Å². The number of hydrogen-bond donors (Lipinski definition) is 4. The van der Waals surface area contributed by atoms with Gasteiger partial charge in [0, 0.05) is 65.0 Å². The number of nitrogens with zero attached hydrogens (tertiary/aromatic N) is 21. The number of aromatic hydroxyl groups is 2. The Balaban J connectivity index is 0.000000156. The van der Waals surface area contributed by atoms with Crippen molar-refractivity contribution in [3.05, 3.63) is 142 Å². The van der Waals surface area contributed by atoms with Crippen LogP contribution < -0.4 is 65.7 Å². The monoisotopic (exact) mass is 1940 g/mol. The predicted octanol–water partition coefficient (Wildman–Crippen LogP) is 10.8. The standard InChI is InChI=1S/C32H35F2N7O6.C26H31ClFN7O5.C26H32ClN7O5.C6H6BFO3/c1-15(2)23-25(16(3)35-29(37-23)45-7)41-28-21-26(22(34)24(36-28)20-18(33)9-8-10-19(20)42)46-14-17-13-39(31(44)47-32(4,5)6)11-12-40(17)27(21)38-30(41)43;1-12(2)17-18(13(3)29-23(30-17)38-7)35-22-15-19(16(28)20(27)31-22)39-11-14-10-33(25(37)40-26(4,5)6)8-9-34(14)21(15)32-24(35)36;1-13(2)19-20(14(3)28-23(30-19)37-7)34-22-18-16(10-17(27)29-22)38-12-15-11-32(25(36)39-26(4,5)6)8-9-33(15)21(18)31-24(34)35;8-4-2-1-3-5(9)6(4)7(10)11/h8-10,15,17,42H,11-14H2,1-7H3;12,14H,8-11H2,1-7H3;10,13,15H,8-9,11-12H2,1-7H3;1-3,9-11H/t17-;14-;15-;/m111./s1. The van der Waals surface area contributed by atoms with Gasteiger partial charge < -0.3 is 92.3 Å². The lowest BCUT2D eigenvalue weighted by Gasteiger charge is -2.41. The van der Waals surface area contributed by atoms with Gasteiger partial charge in [-0.15, -0.1) is 0 Å². The minimum Gasteiger partial charge on any atom is -0.508 e. The molecule has 3 amide bonds. The van der Waals surface area contributed by atoms with Crippen LogP contribution in [-0.4, -0.2) is 269 Å². The molecule has 2 aromatic carbocycles. The van der Waals surface area contributed by atoms with Crippen LogP contribution in [0.25, 0.3) is 61.4 Å². The van der Waals surface area contributed by atoms with Gasteiger partial charge >= 0.3 is 60.5 Å². The molecule has 40 nitrogen and oxygen atoms in total. The van der Waals surface area contributed by atoms with Crippen LogP contribution in [0.5, 0.6) is 46.8 Å². The van der Waals surface area contributed by atoms with Gasteiger partial charge in [-0.05, 0) is 125 Å². The summed E-state index contributed by atoms with van der Waals surface area (Å²) in [6, 6.07) is 7.84. The highest BCUT2D eigenvalue weighted by atomic mass is 35.5. The SMILES string of the molecule is COc1nc(C)c(-n2c(=O)nc3c4c(c(F)c(-c5c(O)cccc5F)nc42)OC[C@H]2CN(C(=O)OC(C)(C)C)CCN32)c(C(C)C)n1.COc1nc(C)c(-n2c(=O)nc3c4c(c(F)c(Cl)nc42)OC[C@H]2CN(C(=O)OC(C)(C)C)CCN32)c(C(C)C)n1.COc1nc(C)c(-n2c(=O)nc3c4c(cc(Cl)nc42)OC[C@H]2CN(C(=O)OC(C)(C)C)CCN32)c(C(C)C)n1.OB(O)c1c(O)cccc1F. The molecule has 0 spiro atoms. The highest BCUT2D eigenvalue weighted by Crippen LogP contribution is 2.47. The van der Waals surface area contributed by atoms with Crippen molar-refractivity contribution in [2.75, 3.05) is 115 Å². The third kappa shape index (κ3) is 20.1. The summed E-state index contributed by atoms with van der Waals surface area (Å²) in [5.41, 5.74) is -1.35. The lowest BCUT2D eigenvalue weighted by molar-refractivity contribution is 0.0191. The number of piperazine rings is 3. The molecule has 11 aromatic rings. The molecule has 17 rings (SSSR count). The number of phenols is 2. The Morgan fingerprint density at radius 3 is 1.16 bits per heavy atom. The number of pyridine rings is 3. The first-order chi connectivity index (χ1) is 64.5. The fourth-order valence-electron chi connectivity index (χ4n) is 16.6. The molecule has 3 fully saturated rings. The minimum atomic E-state index is -1.98. The number of aryl methyl sites for hydroxylation is 3. The Bertz CT molecular complexity index is 6760. The van der Waals surface area contributed by atoms with E-state index in [9.17, 15) is 38.3 Å². The quantitative estimate of drug-likeness (QED) is 0.0404. The average molecular weight is 1940 g/mol. The van der Waals surface area contributed by atoms with Crippen molar-refractivity contribution in [2.24, 2.45) is 0 Å². The van der Waals surface area contributed by atoms with E-state index in [1.165, 1.54) is 59.6 Å². The highest BCUT2D eigenvalue weighted by Gasteiger charge is 2.45. The minimum absolute atomic E-state index is 0.0120. The Morgan fingerprint density at radius 1 is 0.460 bits per heavy atom. The predicted molar refractivity (Wildman–Crippen MR) is 497 cm³/mol. The normalized spacial score (nSPS) is 16.2. The number of rotatable bonds is 11. The number of amides is 3. The maximum absolute atomic E-state index is 16.6. The number of benzene rings is 2. The van der Waals surface area contributed by atoms with Crippen molar-refractivity contribution in [3.8, 4) is 75.1 Å². The molecule has 15 heterocycles. The second-order valence-corrected chi connectivity index (χ2v) is 37.6. The molecule has 0 radical (unpaired) electrons. The molecule has 4 N–H and O–H groups in total. The summed E-state index contributed by atoms with van der Waals surface area (Å²) >= 11 is 12.7. The highest BCUT2D eigenvalue weighted by molar-refractivity contribution is 6.59. The zero-order chi connectivity index (χ0) is 99.7. The van der Waals surface area contributed by atoms with Gasteiger partial charge in [-0.1, -0.05) is 76.9 Å². The smallest absolute Gasteiger partial charge is 0.495 e. The van der Waals surface area contributed by atoms with Crippen LogP contribution in [0, 0.1) is 44.0 Å². The van der Waals surface area contributed by atoms with E-state index in [1.54, 1.807) is 83.1 Å². The number of phenolic OH excluding ortho intramolecular Hbond substituents is 2. The van der Waals surface area contributed by atoms with Crippen LogP contribution in [0.2, 0.25) is 10.3 Å². The Hall–Kier alpha value is -13.6. The molecule has 728 valence electrons. The number of carbonyl (C=O) groups excluding carboxylic acids is 3. The zero-order valence-electron chi connectivity index (χ0n) is 79.1. The van der Waals surface area contributed by atoms with E-state index in [-0.39, 0.29) is 144 Å². The van der Waals surface area contributed by atoms with E-state index in [0.717, 1.165) is 16.7 Å². The molecule has 47 heteroatoms. The number of anilines is 3. The van der Waals surface area contributed by atoms with E-state index in [1.807, 2.05) is 72.1 Å². The molecule has 3 saturated heterocycles. The molecule has 3 atom stereocenters. The van der Waals surface area contributed by atoms with Crippen molar-refractivity contribution in [1.29, 1.82) is 0 Å². The Morgan fingerprint density at radius 2 is 0.810 bits per heavy atom. The first-order valence-corrected chi connectivity index (χ1v) is 44.6. The molecule has 0 saturated carbocycles. The molecule has 0 unspecified atom stereocenters. The van der Waals surface area contributed by atoms with Crippen LogP contribution >= 0.6 is 23.2 Å². The number of hydrogen-bond acceptors (Lipinski definition) is 34. The van der Waals surface area contributed by atoms with Crippen LogP contribution in [0.1, 0.15) is 156 Å². The zero-order valence-corrected chi connectivity index (χ0v) is 80.7. The lowest BCUT2D eigenvalue weighted by Crippen LogP contribution is -2.57. The van der Waals surface area contributed by atoms with Crippen LogP contribution in [0.3, 0.4) is 0 Å². The summed E-state index contributed by atoms with van der Waals surface area (Å²) in [5, 5.41) is 37.2. The molecular formula is C90H104BCl2F4N21O19. The van der Waals surface area contributed by atoms with Crippen molar-refractivity contribution in [2.45, 2.75) is 177 Å². The van der Waals surface area contributed by atoms with E-state index in [4.69, 9.17) is 81.0 Å². The molecule has 0 bridgehead atoms. The second-order valence-electron chi connectivity index (χ2n) is 36.8. The van der Waals surface area contributed by atoms with Gasteiger partial charge in [0.1, 0.15) is 110 Å². The van der Waals surface area contributed by atoms with Crippen LogP contribution in [0.4, 0.5) is 49.4 Å². The van der Waals surface area contributed by atoms with Gasteiger partial charge in [0.2, 0.25) is 5.82 Å². The third-order valence-corrected chi connectivity index (χ3v) is 23.0. The maximum Gasteiger partial charge on any atom is 0.495 e. The van der Waals surface area contributed by atoms with Crippen molar-refractivity contribution >= 4 is 105 Å². The van der Waals surface area contributed by atoms with E-state index < -0.39 is 128 Å². The van der Waals surface area contributed by atoms with Crippen molar-refractivity contribution < 1.29 is 94.8 Å². The number of halogens is 6. The fourth-order valence-corrected chi connectivity index (χ4v) is 17.0. The summed E-state index contributed by atoms with van der Waals surface area (Å²) in [7, 11) is 2.40. The Kier molecular flexibility index (Phi) is 28.2. The molecule has 6 aliphatic rings. The van der Waals surface area contributed by atoms with E-state index in [0.29, 0.717) is 101 Å². The first-order valence-electron chi connectivity index (χ1n) is 43.8. The van der Waals surface area contributed by atoms with Crippen LogP contribution in [0.15, 0.2) is 56.8 Å². The third-order valence-electron chi connectivity index (χ3n) is 22.6. The van der Waals surface area contributed by atoms with Gasteiger partial charge in [0.05, 0.1) is 102 Å².